The van der Waals surface area contributed by atoms with Crippen molar-refractivity contribution in [2.45, 2.75) is 26.5 Å². The van der Waals surface area contributed by atoms with Crippen LogP contribution in [0.4, 0.5) is 14.6 Å². The van der Waals surface area contributed by atoms with Crippen molar-refractivity contribution in [1.29, 1.82) is 0 Å². The van der Waals surface area contributed by atoms with Crippen molar-refractivity contribution in [3.05, 3.63) is 12.1 Å². The molecule has 1 aromatic heterocycles. The largest absolute Gasteiger partial charge is 0.415 e. The normalized spacial score (nSPS) is 10.7. The molecule has 4 nitrogen and oxygen atoms in total. The van der Waals surface area contributed by atoms with Crippen LogP contribution in [0.15, 0.2) is 12.1 Å². The predicted octanol–water partition coefficient (Wildman–Crippen LogP) is 1.90. The topological polar surface area (TPSA) is 47.0 Å². The molecule has 0 aliphatic carbocycles. The number of halogens is 2. The number of rotatable bonds is 4. The molecule has 6 heteroatoms. The van der Waals surface area contributed by atoms with E-state index in [1.54, 1.807) is 0 Å². The van der Waals surface area contributed by atoms with Crippen LogP contribution in [0.3, 0.4) is 0 Å². The number of aromatic nitrogens is 2. The van der Waals surface area contributed by atoms with E-state index in [9.17, 15) is 8.78 Å². The second kappa shape index (κ2) is 4.69. The van der Waals surface area contributed by atoms with Crippen LogP contribution in [0.1, 0.15) is 13.8 Å². The van der Waals surface area contributed by atoms with E-state index < -0.39 is 6.61 Å². The standard InChI is InChI=1S/C8H11F2N3O/c1-5(2)11-6-3-4-7(13-12-6)14-8(9)10/h3-5,8H,1-2H3,(H,11,12). The number of ether oxygens (including phenoxy) is 1. The number of hydrogen-bond acceptors (Lipinski definition) is 4. The van der Waals surface area contributed by atoms with Crippen molar-refractivity contribution in [3.63, 3.8) is 0 Å². The molecule has 0 atom stereocenters. The van der Waals surface area contributed by atoms with E-state index >= 15 is 0 Å². The van der Waals surface area contributed by atoms with E-state index in [0.717, 1.165) is 0 Å². The molecule has 78 valence electrons. The van der Waals surface area contributed by atoms with Crippen LogP contribution in [0, 0.1) is 0 Å². The highest BCUT2D eigenvalue weighted by molar-refractivity contribution is 5.34. The Balaban J connectivity index is 2.59. The summed E-state index contributed by atoms with van der Waals surface area (Å²) >= 11 is 0. The molecule has 0 radical (unpaired) electrons. The van der Waals surface area contributed by atoms with E-state index in [1.165, 1.54) is 12.1 Å². The van der Waals surface area contributed by atoms with Crippen LogP contribution in [-0.2, 0) is 0 Å². The van der Waals surface area contributed by atoms with Crippen LogP contribution < -0.4 is 10.1 Å². The van der Waals surface area contributed by atoms with Crippen LogP contribution >= 0.6 is 0 Å². The molecule has 0 aliphatic heterocycles. The second-order valence-electron chi connectivity index (χ2n) is 2.93. The fourth-order valence-electron chi connectivity index (χ4n) is 0.847. The van der Waals surface area contributed by atoms with Gasteiger partial charge in [-0.3, -0.25) is 0 Å². The maximum Gasteiger partial charge on any atom is 0.388 e. The van der Waals surface area contributed by atoms with Gasteiger partial charge in [0.1, 0.15) is 5.82 Å². The Bertz CT molecular complexity index is 247. The minimum absolute atomic E-state index is 0.186. The first-order valence-corrected chi connectivity index (χ1v) is 4.13. The molecule has 0 bridgehead atoms. The summed E-state index contributed by atoms with van der Waals surface area (Å²) in [5.74, 6) is 0.343. The molecule has 1 N–H and O–H groups in total. The summed E-state index contributed by atoms with van der Waals surface area (Å²) in [4.78, 5) is 0. The van der Waals surface area contributed by atoms with Gasteiger partial charge in [-0.2, -0.15) is 8.78 Å². The number of hydrogen-bond donors (Lipinski definition) is 1. The fraction of sp³-hybridized carbons (Fsp3) is 0.500. The van der Waals surface area contributed by atoms with Gasteiger partial charge in [0.15, 0.2) is 0 Å². The summed E-state index contributed by atoms with van der Waals surface area (Å²) in [6.07, 6.45) is 0. The maximum atomic E-state index is 11.7. The van der Waals surface area contributed by atoms with Gasteiger partial charge in [-0.1, -0.05) is 0 Å². The molecule has 0 aromatic carbocycles. The van der Waals surface area contributed by atoms with Gasteiger partial charge in [-0.25, -0.2) is 0 Å². The molecule has 0 unspecified atom stereocenters. The Kier molecular flexibility index (Phi) is 3.55. The number of alkyl halides is 2. The highest BCUT2D eigenvalue weighted by atomic mass is 19.3. The van der Waals surface area contributed by atoms with Crippen molar-refractivity contribution < 1.29 is 13.5 Å². The minimum atomic E-state index is -2.87. The number of nitrogens with zero attached hydrogens (tertiary/aromatic N) is 2. The van der Waals surface area contributed by atoms with Gasteiger partial charge >= 0.3 is 6.61 Å². The van der Waals surface area contributed by atoms with Gasteiger partial charge in [0, 0.05) is 12.1 Å². The maximum absolute atomic E-state index is 11.7. The lowest BCUT2D eigenvalue weighted by Gasteiger charge is -2.08. The van der Waals surface area contributed by atoms with Crippen molar-refractivity contribution in [2.24, 2.45) is 0 Å². The van der Waals surface area contributed by atoms with Crippen LogP contribution in [0.25, 0.3) is 0 Å². The lowest BCUT2D eigenvalue weighted by atomic mass is 10.4. The van der Waals surface area contributed by atoms with E-state index in [4.69, 9.17) is 0 Å². The first-order valence-electron chi connectivity index (χ1n) is 4.13. The van der Waals surface area contributed by atoms with Crippen molar-refractivity contribution in [2.75, 3.05) is 5.32 Å². The summed E-state index contributed by atoms with van der Waals surface area (Å²) < 4.78 is 27.5. The zero-order valence-electron chi connectivity index (χ0n) is 7.87. The lowest BCUT2D eigenvalue weighted by molar-refractivity contribution is -0.0534. The SMILES string of the molecule is CC(C)Nc1ccc(OC(F)F)nn1. The zero-order valence-corrected chi connectivity index (χ0v) is 7.87. The molecule has 0 fully saturated rings. The monoisotopic (exact) mass is 203 g/mol. The third-order valence-electron chi connectivity index (χ3n) is 1.29. The zero-order chi connectivity index (χ0) is 10.6. The highest BCUT2D eigenvalue weighted by Gasteiger charge is 2.05. The molecule has 1 heterocycles. The number of anilines is 1. The Morgan fingerprint density at radius 1 is 1.29 bits per heavy atom. The molecule has 0 saturated carbocycles. The van der Waals surface area contributed by atoms with E-state index in [0.29, 0.717) is 5.82 Å². The Hall–Kier alpha value is -1.46. The number of nitrogens with one attached hydrogen (secondary N) is 1. The second-order valence-corrected chi connectivity index (χ2v) is 2.93. The molecule has 1 aromatic rings. The van der Waals surface area contributed by atoms with Crippen molar-refractivity contribution in [1.82, 2.24) is 10.2 Å². The highest BCUT2D eigenvalue weighted by Crippen LogP contribution is 2.11. The Morgan fingerprint density at radius 3 is 2.43 bits per heavy atom. The van der Waals surface area contributed by atoms with Gasteiger partial charge in [0.2, 0.25) is 5.88 Å². The third-order valence-corrected chi connectivity index (χ3v) is 1.29. The summed E-state index contributed by atoms with van der Waals surface area (Å²) in [6.45, 7) is 1.00. The van der Waals surface area contributed by atoms with Gasteiger partial charge in [-0.15, -0.1) is 10.2 Å². The minimum Gasteiger partial charge on any atom is -0.415 e. The lowest BCUT2D eigenvalue weighted by Crippen LogP contribution is -2.12. The van der Waals surface area contributed by atoms with Gasteiger partial charge in [0.05, 0.1) is 0 Å². The van der Waals surface area contributed by atoms with Gasteiger partial charge < -0.3 is 10.1 Å². The average molecular weight is 203 g/mol. The quantitative estimate of drug-likeness (QED) is 0.811. The van der Waals surface area contributed by atoms with Crippen LogP contribution in [0.5, 0.6) is 5.88 Å². The van der Waals surface area contributed by atoms with E-state index in [-0.39, 0.29) is 11.9 Å². The molecule has 0 amide bonds. The van der Waals surface area contributed by atoms with Crippen molar-refractivity contribution >= 4 is 5.82 Å². The fourth-order valence-corrected chi connectivity index (χ4v) is 0.847. The molecule has 0 spiro atoms. The van der Waals surface area contributed by atoms with Crippen molar-refractivity contribution in [3.8, 4) is 5.88 Å². The van der Waals surface area contributed by atoms with Gasteiger partial charge in [-0.05, 0) is 19.9 Å². The van der Waals surface area contributed by atoms with E-state index in [1.807, 2.05) is 13.8 Å². The summed E-state index contributed by atoms with van der Waals surface area (Å²) in [5, 5.41) is 10.1. The summed E-state index contributed by atoms with van der Waals surface area (Å²) in [6, 6.07) is 3.08. The van der Waals surface area contributed by atoms with Gasteiger partial charge in [0.25, 0.3) is 0 Å². The molecule has 1 rings (SSSR count). The molecular weight excluding hydrogens is 192 g/mol. The Labute approximate surface area is 80.3 Å². The molecule has 0 saturated heterocycles. The smallest absolute Gasteiger partial charge is 0.388 e. The Morgan fingerprint density at radius 2 is 2.00 bits per heavy atom. The first-order chi connectivity index (χ1) is 6.58. The van der Waals surface area contributed by atoms with E-state index in [2.05, 4.69) is 20.3 Å². The summed E-state index contributed by atoms with van der Waals surface area (Å²) in [7, 11) is 0. The third kappa shape index (κ3) is 3.51. The molecular formula is C8H11F2N3O. The van der Waals surface area contributed by atoms with Crippen LogP contribution in [0.2, 0.25) is 0 Å². The predicted molar refractivity (Wildman–Crippen MR) is 47.4 cm³/mol. The molecule has 0 aliphatic rings. The van der Waals surface area contributed by atoms with Crippen LogP contribution in [-0.4, -0.2) is 22.9 Å². The molecule has 14 heavy (non-hydrogen) atoms. The summed E-state index contributed by atoms with van der Waals surface area (Å²) in [5.41, 5.74) is 0. The average Bonchev–Trinajstić information content (AvgIpc) is 2.06. The first kappa shape index (κ1) is 10.6.